The molecular weight excluding hydrogens is 566 g/mol. The second kappa shape index (κ2) is 10.0. The zero-order chi connectivity index (χ0) is 29.8. The number of anilines is 1. The molecule has 2 aliphatic heterocycles. The van der Waals surface area contributed by atoms with Crippen LogP contribution >= 0.6 is 0 Å². The number of carbonyl (C=O) groups is 3. The number of nitrogens with zero attached hydrogens (tertiary/aromatic N) is 2. The SMILES string of the molecule is Cc1cc(NC(=O)c2c3c(cn2C)S(=O)(=O)N[C@H]2CN(C(=O)C(=O)NC(C)C(F)(F)F)C[C@@]2(O)CO3)ccc1F. The van der Waals surface area contributed by atoms with Crippen molar-refractivity contribution < 1.29 is 50.2 Å². The van der Waals surface area contributed by atoms with Crippen molar-refractivity contribution in [3.63, 3.8) is 0 Å². The van der Waals surface area contributed by atoms with Crippen molar-refractivity contribution in [2.24, 2.45) is 7.05 Å². The molecule has 1 aromatic heterocycles. The van der Waals surface area contributed by atoms with E-state index >= 15 is 0 Å². The molecule has 0 aliphatic carbocycles. The quantitative estimate of drug-likeness (QED) is 0.297. The average molecular weight is 592 g/mol. The highest BCUT2D eigenvalue weighted by atomic mass is 32.2. The smallest absolute Gasteiger partial charge is 0.408 e. The molecule has 0 spiro atoms. The number of carbonyl (C=O) groups excluding carboxylic acids is 3. The topological polar surface area (TPSA) is 159 Å². The molecule has 12 nitrogen and oxygen atoms in total. The third kappa shape index (κ3) is 5.48. The number of aromatic nitrogens is 1. The number of halogens is 4. The van der Waals surface area contributed by atoms with E-state index < -0.39 is 87.8 Å². The molecule has 1 fully saturated rings. The van der Waals surface area contributed by atoms with Gasteiger partial charge in [-0.1, -0.05) is 0 Å². The number of sulfonamides is 1. The van der Waals surface area contributed by atoms with Crippen LogP contribution in [0.2, 0.25) is 0 Å². The molecule has 1 saturated heterocycles. The molecule has 0 radical (unpaired) electrons. The van der Waals surface area contributed by atoms with Crippen LogP contribution in [0, 0.1) is 12.7 Å². The average Bonchev–Trinajstić information content (AvgIpc) is 3.35. The highest BCUT2D eigenvalue weighted by Crippen LogP contribution is 2.36. The van der Waals surface area contributed by atoms with Gasteiger partial charge in [0, 0.05) is 25.5 Å². The number of nitrogens with one attached hydrogen (secondary N) is 3. The first kappa shape index (κ1) is 29.3. The molecule has 0 saturated carbocycles. The third-order valence-electron chi connectivity index (χ3n) is 6.62. The number of aliphatic hydroxyl groups is 1. The number of amides is 3. The van der Waals surface area contributed by atoms with Crippen LogP contribution in [0.1, 0.15) is 23.0 Å². The maximum Gasteiger partial charge on any atom is 0.408 e. The fourth-order valence-corrected chi connectivity index (χ4v) is 5.85. The van der Waals surface area contributed by atoms with Crippen molar-refractivity contribution in [3.05, 3.63) is 41.5 Å². The number of alkyl halides is 3. The third-order valence-corrected chi connectivity index (χ3v) is 8.09. The van der Waals surface area contributed by atoms with E-state index in [2.05, 4.69) is 10.0 Å². The standard InChI is InChI=1S/C23H25F4N5O7S/c1-11-6-13(4-5-14(11)24)29-19(33)17-18-15(7-31(17)3)40(37,38)30-16-8-32(9-22(16,36)10-39-18)21(35)20(34)28-12(2)23(25,26)27/h4-7,12,16,30,36H,8-10H2,1-3H3,(H,28,34)(H,29,33)/t12?,16-,22+/m0/s1. The second-order valence-electron chi connectivity index (χ2n) is 9.69. The fourth-order valence-electron chi connectivity index (χ4n) is 4.36. The van der Waals surface area contributed by atoms with Crippen molar-refractivity contribution in [3.8, 4) is 5.75 Å². The number of likely N-dealkylation sites (tertiary alicyclic amines) is 1. The van der Waals surface area contributed by atoms with Crippen molar-refractivity contribution in [1.82, 2.24) is 19.5 Å². The summed E-state index contributed by atoms with van der Waals surface area (Å²) in [5.74, 6) is -4.73. The normalized spacial score (nSPS) is 22.7. The lowest BCUT2D eigenvalue weighted by atomic mass is 10.00. The minimum absolute atomic E-state index is 0.215. The summed E-state index contributed by atoms with van der Waals surface area (Å²) in [6.07, 6.45) is -3.71. The molecule has 40 heavy (non-hydrogen) atoms. The van der Waals surface area contributed by atoms with Crippen LogP contribution in [0.3, 0.4) is 0 Å². The Morgan fingerprint density at radius 3 is 2.58 bits per heavy atom. The molecule has 3 atom stereocenters. The predicted octanol–water partition coefficient (Wildman–Crippen LogP) is 0.405. The Balaban J connectivity index is 1.58. The summed E-state index contributed by atoms with van der Waals surface area (Å²) in [7, 11) is -3.11. The molecule has 17 heteroatoms. The first-order valence-electron chi connectivity index (χ1n) is 11.7. The lowest BCUT2D eigenvalue weighted by molar-refractivity contribution is -0.162. The van der Waals surface area contributed by atoms with Crippen molar-refractivity contribution in [1.29, 1.82) is 0 Å². The van der Waals surface area contributed by atoms with E-state index in [9.17, 15) is 45.5 Å². The van der Waals surface area contributed by atoms with Crippen LogP contribution in [-0.4, -0.2) is 84.3 Å². The van der Waals surface area contributed by atoms with E-state index in [1.807, 2.05) is 0 Å². The Labute approximate surface area is 225 Å². The minimum atomic E-state index is -4.81. The van der Waals surface area contributed by atoms with Gasteiger partial charge in [-0.25, -0.2) is 17.5 Å². The molecule has 4 N–H and O–H groups in total. The van der Waals surface area contributed by atoms with Gasteiger partial charge >= 0.3 is 18.0 Å². The van der Waals surface area contributed by atoms with E-state index in [1.54, 1.807) is 0 Å². The molecule has 2 aliphatic rings. The molecule has 3 amide bonds. The van der Waals surface area contributed by atoms with Gasteiger partial charge in [-0.15, -0.1) is 0 Å². The maximum atomic E-state index is 13.6. The highest BCUT2D eigenvalue weighted by molar-refractivity contribution is 7.89. The molecule has 2 aromatic rings. The van der Waals surface area contributed by atoms with Crippen LogP contribution in [0.4, 0.5) is 23.2 Å². The second-order valence-corrected chi connectivity index (χ2v) is 11.4. The number of hydrogen-bond acceptors (Lipinski definition) is 7. The number of ether oxygens (including phenoxy) is 1. The number of hydrogen-bond donors (Lipinski definition) is 4. The number of β-amino-alcohol motifs (C(OH)–C–C–N with tert-alkyl or cyclic N) is 1. The number of aryl methyl sites for hydroxylation is 2. The minimum Gasteiger partial charge on any atom is -0.487 e. The molecule has 1 unspecified atom stereocenters. The number of benzene rings is 1. The predicted molar refractivity (Wildman–Crippen MR) is 129 cm³/mol. The summed E-state index contributed by atoms with van der Waals surface area (Å²) in [5, 5.41) is 15.3. The van der Waals surface area contributed by atoms with Gasteiger partial charge in [0.05, 0.1) is 12.6 Å². The summed E-state index contributed by atoms with van der Waals surface area (Å²) in [6, 6.07) is 0.0704. The number of fused-ring (bicyclic) bond motifs is 2. The molecule has 3 heterocycles. The monoisotopic (exact) mass is 591 g/mol. The van der Waals surface area contributed by atoms with Gasteiger partial charge in [-0.2, -0.15) is 13.2 Å². The van der Waals surface area contributed by atoms with Crippen LogP contribution in [0.15, 0.2) is 29.3 Å². The largest absolute Gasteiger partial charge is 0.487 e. The summed E-state index contributed by atoms with van der Waals surface area (Å²) >= 11 is 0. The summed E-state index contributed by atoms with van der Waals surface area (Å²) < 4.78 is 87.5. The lowest BCUT2D eigenvalue weighted by Crippen LogP contribution is -2.56. The Morgan fingerprint density at radius 1 is 1.27 bits per heavy atom. The molecular formula is C23H25F4N5O7S. The summed E-state index contributed by atoms with van der Waals surface area (Å²) in [5.41, 5.74) is -1.91. The van der Waals surface area contributed by atoms with Crippen LogP contribution in [0.5, 0.6) is 5.75 Å². The Kier molecular flexibility index (Phi) is 7.35. The van der Waals surface area contributed by atoms with Crippen molar-refractivity contribution >= 4 is 33.4 Å². The molecule has 1 aromatic carbocycles. The first-order chi connectivity index (χ1) is 18.4. The lowest BCUT2D eigenvalue weighted by Gasteiger charge is -2.31. The highest BCUT2D eigenvalue weighted by Gasteiger charge is 2.52. The Hall–Kier alpha value is -3.70. The number of rotatable bonds is 3. The van der Waals surface area contributed by atoms with Gasteiger partial charge in [-0.05, 0) is 37.6 Å². The fraction of sp³-hybridized carbons (Fsp3) is 0.435. The molecule has 0 bridgehead atoms. The van der Waals surface area contributed by atoms with E-state index in [0.29, 0.717) is 11.8 Å². The zero-order valence-corrected chi connectivity index (χ0v) is 22.1. The van der Waals surface area contributed by atoms with Gasteiger partial charge in [0.2, 0.25) is 10.0 Å². The molecule has 218 valence electrons. The van der Waals surface area contributed by atoms with Gasteiger partial charge in [-0.3, -0.25) is 14.4 Å². The Bertz CT molecular complexity index is 1490. The van der Waals surface area contributed by atoms with E-state index in [1.165, 1.54) is 36.0 Å². The van der Waals surface area contributed by atoms with E-state index in [0.717, 1.165) is 12.3 Å². The van der Waals surface area contributed by atoms with Crippen LogP contribution < -0.4 is 20.1 Å². The van der Waals surface area contributed by atoms with Crippen molar-refractivity contribution in [2.75, 3.05) is 25.0 Å². The van der Waals surface area contributed by atoms with E-state index in [-0.39, 0.29) is 16.9 Å². The van der Waals surface area contributed by atoms with Crippen LogP contribution in [0.25, 0.3) is 0 Å². The summed E-state index contributed by atoms with van der Waals surface area (Å²) in [6.45, 7) is 0.257. The van der Waals surface area contributed by atoms with Crippen molar-refractivity contribution in [2.45, 2.75) is 42.6 Å². The van der Waals surface area contributed by atoms with Gasteiger partial charge in [0.1, 0.15) is 29.0 Å². The summed E-state index contributed by atoms with van der Waals surface area (Å²) in [4.78, 5) is 38.0. The first-order valence-corrected chi connectivity index (χ1v) is 13.2. The van der Waals surface area contributed by atoms with Gasteiger partial charge in [0.15, 0.2) is 11.4 Å². The van der Waals surface area contributed by atoms with Crippen LogP contribution in [-0.2, 0) is 26.7 Å². The Morgan fingerprint density at radius 2 is 1.95 bits per heavy atom. The van der Waals surface area contributed by atoms with E-state index in [4.69, 9.17) is 4.74 Å². The maximum absolute atomic E-state index is 13.6. The molecule has 4 rings (SSSR count). The van der Waals surface area contributed by atoms with Gasteiger partial charge in [0.25, 0.3) is 5.91 Å². The zero-order valence-electron chi connectivity index (χ0n) is 21.3. The van der Waals surface area contributed by atoms with Gasteiger partial charge < -0.3 is 29.9 Å².